The van der Waals surface area contributed by atoms with Gasteiger partial charge in [-0.25, -0.2) is 9.97 Å². The summed E-state index contributed by atoms with van der Waals surface area (Å²) in [6.45, 7) is 3.29. The Morgan fingerprint density at radius 2 is 2.11 bits per heavy atom. The molecule has 2 heterocycles. The Labute approximate surface area is 116 Å². The fourth-order valence-corrected chi connectivity index (χ4v) is 3.28. The first kappa shape index (κ1) is 12.5. The predicted octanol–water partition coefficient (Wildman–Crippen LogP) is 1.44. The summed E-state index contributed by atoms with van der Waals surface area (Å²) in [7, 11) is 0. The number of halogens is 1. The maximum atomic E-state index is 6.02. The molecule has 1 aliphatic carbocycles. The molecule has 1 saturated heterocycles. The fourth-order valence-electron chi connectivity index (χ4n) is 1.97. The molecule has 0 radical (unpaired) electrons. The van der Waals surface area contributed by atoms with Crippen molar-refractivity contribution in [1.29, 1.82) is 0 Å². The molecule has 4 nitrogen and oxygen atoms in total. The summed E-state index contributed by atoms with van der Waals surface area (Å²) in [6.07, 6.45) is 2.74. The number of nitrogens with zero attached hydrogens (tertiary/aromatic N) is 3. The number of anilines is 1. The zero-order valence-electron chi connectivity index (χ0n) is 10.2. The summed E-state index contributed by atoms with van der Waals surface area (Å²) < 4.78 is 5.35. The summed E-state index contributed by atoms with van der Waals surface area (Å²) in [5.41, 5.74) is 1.06. The Morgan fingerprint density at radius 1 is 1.33 bits per heavy atom. The lowest BCUT2D eigenvalue weighted by atomic mass is 10.3. The number of ether oxygens (including phenoxy) is 1. The highest BCUT2D eigenvalue weighted by Gasteiger charge is 2.29. The molecule has 0 N–H and O–H groups in total. The molecule has 1 aliphatic heterocycles. The summed E-state index contributed by atoms with van der Waals surface area (Å²) in [6, 6.07) is 2.08. The second-order valence-corrected chi connectivity index (χ2v) is 6.41. The molecule has 0 spiro atoms. The highest BCUT2D eigenvalue weighted by Crippen LogP contribution is 2.26. The van der Waals surface area contributed by atoms with Crippen molar-refractivity contribution in [3.05, 3.63) is 17.0 Å². The molecule has 0 unspecified atom stereocenters. The van der Waals surface area contributed by atoms with E-state index < -0.39 is 0 Å². The van der Waals surface area contributed by atoms with Gasteiger partial charge >= 0.3 is 0 Å². The van der Waals surface area contributed by atoms with Gasteiger partial charge in [0.2, 0.25) is 5.28 Å². The average Bonchev–Trinajstić information content (AvgIpc) is 3.21. The minimum Gasteiger partial charge on any atom is -0.378 e. The first-order valence-electron chi connectivity index (χ1n) is 6.34. The Bertz CT molecular complexity index is 422. The molecule has 98 valence electrons. The molecule has 1 aromatic heterocycles. The van der Waals surface area contributed by atoms with E-state index >= 15 is 0 Å². The number of hydrogen-bond acceptors (Lipinski definition) is 4. The first-order valence-corrected chi connectivity index (χ1v) is 7.87. The Balaban J connectivity index is 1.71. The van der Waals surface area contributed by atoms with Crippen LogP contribution in [0.1, 0.15) is 18.5 Å². The zero-order chi connectivity index (χ0) is 12.4. The Morgan fingerprint density at radius 3 is 2.83 bits per heavy atom. The van der Waals surface area contributed by atoms with Crippen LogP contribution in [-0.2, 0) is 22.3 Å². The minimum atomic E-state index is 0.361. The van der Waals surface area contributed by atoms with Gasteiger partial charge in [0.25, 0.3) is 0 Å². The maximum absolute atomic E-state index is 6.02. The van der Waals surface area contributed by atoms with Gasteiger partial charge in [0.15, 0.2) is 0 Å². The van der Waals surface area contributed by atoms with E-state index in [-0.39, 0.29) is 0 Å². The van der Waals surface area contributed by atoms with E-state index in [9.17, 15) is 0 Å². The smallest absolute Gasteiger partial charge is 0.224 e. The fraction of sp³-hybridized carbons (Fsp3) is 0.667. The molecule has 0 amide bonds. The summed E-state index contributed by atoms with van der Waals surface area (Å²) in [5.74, 6) is 1.93. The van der Waals surface area contributed by atoms with Gasteiger partial charge in [0.05, 0.1) is 18.9 Å². The molecule has 0 bridgehead atoms. The molecule has 18 heavy (non-hydrogen) atoms. The van der Waals surface area contributed by atoms with Crippen molar-refractivity contribution in [3.8, 4) is 0 Å². The lowest BCUT2D eigenvalue weighted by molar-refractivity contribution is 0.122. The summed E-state index contributed by atoms with van der Waals surface area (Å²) in [4.78, 5) is 10.9. The largest absolute Gasteiger partial charge is 0.378 e. The Kier molecular flexibility index (Phi) is 3.91. The number of morpholine rings is 1. The lowest BCUT2D eigenvalue weighted by Crippen LogP contribution is -2.36. The SMILES string of the molecule is Clc1nc(C[SH+]C2CC2)cc(N2CCOCC2)n1. The first-order chi connectivity index (χ1) is 8.81. The normalized spacial score (nSPS) is 20.2. The number of thiol groups is 1. The second kappa shape index (κ2) is 5.63. The minimum absolute atomic E-state index is 0.361. The third-order valence-electron chi connectivity index (χ3n) is 3.13. The van der Waals surface area contributed by atoms with E-state index in [1.54, 1.807) is 0 Å². The molecule has 2 fully saturated rings. The van der Waals surface area contributed by atoms with E-state index in [4.69, 9.17) is 16.3 Å². The van der Waals surface area contributed by atoms with Crippen molar-refractivity contribution >= 4 is 29.2 Å². The third kappa shape index (κ3) is 3.28. The molecular formula is C12H17ClN3OS+. The van der Waals surface area contributed by atoms with E-state index in [2.05, 4.69) is 20.9 Å². The van der Waals surface area contributed by atoms with Gasteiger partial charge in [-0.3, -0.25) is 0 Å². The van der Waals surface area contributed by atoms with Crippen LogP contribution >= 0.6 is 11.6 Å². The maximum Gasteiger partial charge on any atom is 0.224 e. The van der Waals surface area contributed by atoms with E-state index in [0.29, 0.717) is 5.28 Å². The van der Waals surface area contributed by atoms with Crippen molar-refractivity contribution in [2.24, 2.45) is 0 Å². The molecule has 0 aromatic carbocycles. The third-order valence-corrected chi connectivity index (χ3v) is 4.84. The van der Waals surface area contributed by atoms with Crippen molar-refractivity contribution < 1.29 is 4.74 Å². The molecule has 1 aromatic rings. The van der Waals surface area contributed by atoms with Crippen LogP contribution in [0.15, 0.2) is 6.07 Å². The zero-order valence-corrected chi connectivity index (χ0v) is 11.8. The van der Waals surface area contributed by atoms with Crippen LogP contribution in [0, 0.1) is 0 Å². The second-order valence-electron chi connectivity index (χ2n) is 4.66. The predicted molar refractivity (Wildman–Crippen MR) is 75.6 cm³/mol. The molecule has 2 aliphatic rings. The number of hydrogen-bond donors (Lipinski definition) is 0. The highest BCUT2D eigenvalue weighted by molar-refractivity contribution is 7.78. The molecule has 6 heteroatoms. The van der Waals surface area contributed by atoms with Crippen LogP contribution < -0.4 is 4.90 Å². The van der Waals surface area contributed by atoms with Crippen molar-refractivity contribution in [2.45, 2.75) is 23.8 Å². The molecule has 1 saturated carbocycles. The van der Waals surface area contributed by atoms with Gasteiger partial charge < -0.3 is 9.64 Å². The van der Waals surface area contributed by atoms with Crippen LogP contribution in [0.5, 0.6) is 0 Å². The van der Waals surface area contributed by atoms with Crippen molar-refractivity contribution in [2.75, 3.05) is 31.2 Å². The van der Waals surface area contributed by atoms with Gasteiger partial charge in [0, 0.05) is 19.2 Å². The number of rotatable bonds is 4. The molecular weight excluding hydrogens is 270 g/mol. The van der Waals surface area contributed by atoms with Gasteiger partial charge in [-0.1, -0.05) is 0 Å². The van der Waals surface area contributed by atoms with Crippen LogP contribution in [0.2, 0.25) is 5.28 Å². The average molecular weight is 287 g/mol. The molecule has 0 atom stereocenters. The van der Waals surface area contributed by atoms with Crippen molar-refractivity contribution in [3.63, 3.8) is 0 Å². The van der Waals surface area contributed by atoms with Crippen LogP contribution in [-0.4, -0.2) is 41.5 Å². The van der Waals surface area contributed by atoms with Gasteiger partial charge in [-0.15, -0.1) is 0 Å². The van der Waals surface area contributed by atoms with Crippen molar-refractivity contribution in [1.82, 2.24) is 9.97 Å². The summed E-state index contributed by atoms with van der Waals surface area (Å²) in [5, 5.41) is 1.26. The van der Waals surface area contributed by atoms with Crippen LogP contribution in [0.3, 0.4) is 0 Å². The summed E-state index contributed by atoms with van der Waals surface area (Å²) >= 11 is 7.49. The van der Waals surface area contributed by atoms with Crippen LogP contribution in [0.25, 0.3) is 0 Å². The number of aromatic nitrogens is 2. The van der Waals surface area contributed by atoms with Gasteiger partial charge in [-0.05, 0) is 36.2 Å². The highest BCUT2D eigenvalue weighted by atomic mass is 35.5. The van der Waals surface area contributed by atoms with E-state index in [0.717, 1.165) is 48.8 Å². The van der Waals surface area contributed by atoms with Gasteiger partial charge in [-0.2, -0.15) is 0 Å². The standard InChI is InChI=1S/C12H16ClN3OS/c13-12-14-9(8-18-10-1-2-10)7-11(15-12)16-3-5-17-6-4-16/h7,10H,1-6,8H2/p+1. The molecule has 3 rings (SSSR count). The van der Waals surface area contributed by atoms with Crippen LogP contribution in [0.4, 0.5) is 5.82 Å². The quantitative estimate of drug-likeness (QED) is 0.477. The van der Waals surface area contributed by atoms with E-state index in [1.165, 1.54) is 24.6 Å². The van der Waals surface area contributed by atoms with Gasteiger partial charge in [0.1, 0.15) is 16.8 Å². The lowest BCUT2D eigenvalue weighted by Gasteiger charge is -2.27. The monoisotopic (exact) mass is 286 g/mol. The Hall–Kier alpha value is -0.520. The van der Waals surface area contributed by atoms with E-state index in [1.807, 2.05) is 0 Å². The topological polar surface area (TPSA) is 38.2 Å².